The zero-order valence-electron chi connectivity index (χ0n) is 12.2. The summed E-state index contributed by atoms with van der Waals surface area (Å²) in [6.45, 7) is 11.5. The summed E-state index contributed by atoms with van der Waals surface area (Å²) in [5.74, 6) is 0. The van der Waals surface area contributed by atoms with Gasteiger partial charge in [0, 0.05) is 11.8 Å². The molecule has 0 bridgehead atoms. The highest BCUT2D eigenvalue weighted by Crippen LogP contribution is 2.39. The van der Waals surface area contributed by atoms with Crippen LogP contribution in [0.5, 0.6) is 0 Å². The van der Waals surface area contributed by atoms with E-state index in [-0.39, 0.29) is 5.41 Å². The molecule has 0 amide bonds. The average molecular weight is 251 g/mol. The molecule has 1 aromatic heterocycles. The van der Waals surface area contributed by atoms with Gasteiger partial charge in [0.2, 0.25) is 5.69 Å². The minimum atomic E-state index is -0.795. The normalized spacial score (nSPS) is 19.1. The second-order valence-electron chi connectivity index (χ2n) is 6.11. The number of aryl methyl sites for hydroxylation is 1. The number of fused-ring (bicyclic) bond motifs is 1. The van der Waals surface area contributed by atoms with Crippen LogP contribution in [0.2, 0.25) is 0 Å². The maximum absolute atomic E-state index is 14.2. The summed E-state index contributed by atoms with van der Waals surface area (Å²) in [7, 11) is 0. The van der Waals surface area contributed by atoms with Crippen molar-refractivity contribution in [3.05, 3.63) is 22.5 Å². The van der Waals surface area contributed by atoms with Crippen LogP contribution in [-0.2, 0) is 24.8 Å². The highest BCUT2D eigenvalue weighted by molar-refractivity contribution is 5.39. The van der Waals surface area contributed by atoms with E-state index in [0.29, 0.717) is 6.42 Å². The van der Waals surface area contributed by atoms with Crippen LogP contribution in [0.3, 0.4) is 0 Å². The fourth-order valence-corrected chi connectivity index (χ4v) is 2.96. The molecule has 2 rings (SSSR count). The molecule has 1 atom stereocenters. The van der Waals surface area contributed by atoms with Crippen LogP contribution in [0.4, 0.5) is 4.39 Å². The second-order valence-corrected chi connectivity index (χ2v) is 6.11. The number of halogens is 1. The summed E-state index contributed by atoms with van der Waals surface area (Å²) in [6, 6.07) is 0. The van der Waals surface area contributed by atoms with Crippen LogP contribution >= 0.6 is 0 Å². The van der Waals surface area contributed by atoms with E-state index in [1.165, 1.54) is 5.56 Å². The van der Waals surface area contributed by atoms with Crippen molar-refractivity contribution in [3.8, 4) is 0 Å². The molecule has 0 aromatic carbocycles. The Labute approximate surface area is 109 Å². The molecular formula is C15H24FN2+. The largest absolute Gasteiger partial charge is 0.242 e. The Morgan fingerprint density at radius 2 is 2.00 bits per heavy atom. The highest BCUT2D eigenvalue weighted by Gasteiger charge is 2.37. The predicted molar refractivity (Wildman–Crippen MR) is 70.4 cm³/mol. The third kappa shape index (κ3) is 2.04. The van der Waals surface area contributed by atoms with E-state index >= 15 is 0 Å². The summed E-state index contributed by atoms with van der Waals surface area (Å²) in [4.78, 5) is 0. The molecule has 1 aliphatic rings. The molecule has 0 saturated carbocycles. The summed E-state index contributed by atoms with van der Waals surface area (Å²) in [6.07, 6.45) is 1.53. The molecule has 1 aromatic rings. The lowest BCUT2D eigenvalue weighted by Gasteiger charge is -2.20. The Bertz CT molecular complexity index is 461. The predicted octanol–water partition coefficient (Wildman–Crippen LogP) is 3.21. The molecule has 0 spiro atoms. The van der Waals surface area contributed by atoms with Crippen molar-refractivity contribution in [2.45, 2.75) is 72.0 Å². The molecule has 18 heavy (non-hydrogen) atoms. The van der Waals surface area contributed by atoms with Crippen molar-refractivity contribution in [3.63, 3.8) is 0 Å². The molecule has 1 heterocycles. The summed E-state index contributed by atoms with van der Waals surface area (Å²) >= 11 is 0. The molecule has 0 fully saturated rings. The Hall–Kier alpha value is -0.990. The number of aromatic nitrogens is 2. The Kier molecular flexibility index (Phi) is 3.43. The number of hydrogen-bond acceptors (Lipinski definition) is 1. The van der Waals surface area contributed by atoms with Gasteiger partial charge in [-0.05, 0) is 30.4 Å². The first kappa shape index (κ1) is 13.4. The van der Waals surface area contributed by atoms with Gasteiger partial charge in [-0.3, -0.25) is 0 Å². The standard InChI is InChI=1S/C15H24FN2/c1-6-12-13-10(8-9-11(13)16)14(15(3,4)5)17-18(12)7-2/h11H,6-9H2,1-5H3/q+1. The average Bonchev–Trinajstić information content (AvgIpc) is 2.68. The first-order valence-corrected chi connectivity index (χ1v) is 7.00. The van der Waals surface area contributed by atoms with Crippen LogP contribution in [0, 0.1) is 0 Å². The lowest BCUT2D eigenvalue weighted by Crippen LogP contribution is -2.45. The zero-order chi connectivity index (χ0) is 13.5. The molecule has 0 saturated heterocycles. The van der Waals surface area contributed by atoms with Crippen molar-refractivity contribution in [1.29, 1.82) is 0 Å². The first-order chi connectivity index (χ1) is 8.40. The number of hydrogen-bond donors (Lipinski definition) is 0. The quantitative estimate of drug-likeness (QED) is 0.738. The van der Waals surface area contributed by atoms with E-state index in [0.717, 1.165) is 36.3 Å². The van der Waals surface area contributed by atoms with Gasteiger partial charge in [-0.15, -0.1) is 0 Å². The topological polar surface area (TPSA) is 16.8 Å². The smallest absolute Gasteiger partial charge is 0.214 e. The van der Waals surface area contributed by atoms with Crippen LogP contribution in [-0.4, -0.2) is 5.10 Å². The van der Waals surface area contributed by atoms with Gasteiger partial charge in [0.15, 0.2) is 6.54 Å². The van der Waals surface area contributed by atoms with Gasteiger partial charge in [-0.25, -0.2) is 4.39 Å². The molecule has 2 nitrogen and oxygen atoms in total. The van der Waals surface area contributed by atoms with Crippen molar-refractivity contribution in [1.82, 2.24) is 5.10 Å². The second kappa shape index (κ2) is 4.60. The van der Waals surface area contributed by atoms with Crippen molar-refractivity contribution in [2.75, 3.05) is 0 Å². The maximum Gasteiger partial charge on any atom is 0.214 e. The number of rotatable bonds is 2. The van der Waals surface area contributed by atoms with E-state index in [9.17, 15) is 4.39 Å². The van der Waals surface area contributed by atoms with Gasteiger partial charge in [0.05, 0.1) is 5.56 Å². The van der Waals surface area contributed by atoms with Crippen LogP contribution in [0.25, 0.3) is 0 Å². The van der Waals surface area contributed by atoms with E-state index in [1.807, 2.05) is 4.68 Å². The Morgan fingerprint density at radius 3 is 2.50 bits per heavy atom. The van der Waals surface area contributed by atoms with Crippen molar-refractivity contribution in [2.24, 2.45) is 0 Å². The van der Waals surface area contributed by atoms with Crippen molar-refractivity contribution < 1.29 is 9.07 Å². The van der Waals surface area contributed by atoms with Crippen molar-refractivity contribution >= 4 is 0 Å². The molecule has 1 aliphatic carbocycles. The molecule has 0 N–H and O–H groups in total. The first-order valence-electron chi connectivity index (χ1n) is 7.00. The SMILES string of the molecule is CCc1c2c(c(C(C)(C)C)n[n+]1CC)CCC2F. The maximum atomic E-state index is 14.2. The highest BCUT2D eigenvalue weighted by atomic mass is 19.1. The van der Waals surface area contributed by atoms with E-state index in [2.05, 4.69) is 34.6 Å². The Morgan fingerprint density at radius 1 is 1.33 bits per heavy atom. The van der Waals surface area contributed by atoms with Gasteiger partial charge in [0.25, 0.3) is 0 Å². The van der Waals surface area contributed by atoms with Crippen LogP contribution < -0.4 is 4.68 Å². The van der Waals surface area contributed by atoms with E-state index < -0.39 is 6.17 Å². The van der Waals surface area contributed by atoms with Gasteiger partial charge in [-0.2, -0.15) is 0 Å². The lowest BCUT2D eigenvalue weighted by molar-refractivity contribution is -0.758. The Balaban J connectivity index is 2.73. The van der Waals surface area contributed by atoms with E-state index in [4.69, 9.17) is 5.10 Å². The summed E-state index contributed by atoms with van der Waals surface area (Å²) in [5.41, 5.74) is 4.27. The van der Waals surface area contributed by atoms with E-state index in [1.54, 1.807) is 0 Å². The molecule has 100 valence electrons. The monoisotopic (exact) mass is 251 g/mol. The number of alkyl halides is 1. The fraction of sp³-hybridized carbons (Fsp3) is 0.733. The minimum Gasteiger partial charge on any atom is -0.242 e. The minimum absolute atomic E-state index is 0.0165. The molecule has 0 radical (unpaired) electrons. The molecular weight excluding hydrogens is 227 g/mol. The third-order valence-corrected chi connectivity index (χ3v) is 3.76. The summed E-state index contributed by atoms with van der Waals surface area (Å²) in [5, 5.41) is 4.79. The van der Waals surface area contributed by atoms with Gasteiger partial charge < -0.3 is 0 Å². The van der Waals surface area contributed by atoms with Crippen LogP contribution in [0.15, 0.2) is 0 Å². The van der Waals surface area contributed by atoms with Crippen LogP contribution in [0.1, 0.15) is 69.7 Å². The number of nitrogens with zero attached hydrogens (tertiary/aromatic N) is 2. The van der Waals surface area contributed by atoms with Gasteiger partial charge >= 0.3 is 0 Å². The van der Waals surface area contributed by atoms with Gasteiger partial charge in [0.1, 0.15) is 11.9 Å². The fourth-order valence-electron chi connectivity index (χ4n) is 2.96. The molecule has 1 unspecified atom stereocenters. The molecule has 0 aliphatic heterocycles. The zero-order valence-corrected chi connectivity index (χ0v) is 12.2. The van der Waals surface area contributed by atoms with Gasteiger partial charge in [-0.1, -0.05) is 32.4 Å². The molecule has 3 heteroatoms. The third-order valence-electron chi connectivity index (χ3n) is 3.76. The lowest BCUT2D eigenvalue weighted by atomic mass is 9.87. The summed E-state index contributed by atoms with van der Waals surface area (Å²) < 4.78 is 16.2.